The van der Waals surface area contributed by atoms with E-state index in [1.807, 2.05) is 57.3 Å². The number of hydrogen-bond donors (Lipinski definition) is 1. The highest BCUT2D eigenvalue weighted by atomic mass is 19.1. The van der Waals surface area contributed by atoms with Crippen LogP contribution in [0.15, 0.2) is 60.2 Å². The van der Waals surface area contributed by atoms with Gasteiger partial charge in [0.2, 0.25) is 5.91 Å². The second-order valence-electron chi connectivity index (χ2n) is 10.2. The third-order valence-electron chi connectivity index (χ3n) is 7.22. The lowest BCUT2D eigenvalue weighted by atomic mass is 9.91. The number of halogens is 1. The molecule has 3 atom stereocenters. The monoisotopic (exact) mass is 547 g/mol. The Kier molecular flexibility index (Phi) is 11.2. The zero-order valence-corrected chi connectivity index (χ0v) is 24.2. The third-order valence-corrected chi connectivity index (χ3v) is 7.22. The van der Waals surface area contributed by atoms with Crippen LogP contribution >= 0.6 is 0 Å². The van der Waals surface area contributed by atoms with Crippen molar-refractivity contribution in [2.75, 3.05) is 20.1 Å². The first-order chi connectivity index (χ1) is 19.3. The van der Waals surface area contributed by atoms with Crippen LogP contribution in [0, 0.1) is 23.1 Å². The van der Waals surface area contributed by atoms with Crippen LogP contribution in [0.4, 0.5) is 4.39 Å². The highest BCUT2D eigenvalue weighted by Gasteiger charge is 2.27. The predicted octanol–water partition coefficient (Wildman–Crippen LogP) is 6.57. The summed E-state index contributed by atoms with van der Waals surface area (Å²) in [6, 6.07) is 11.7. The van der Waals surface area contributed by atoms with E-state index in [1.165, 1.54) is 6.07 Å². The van der Waals surface area contributed by atoms with E-state index < -0.39 is 11.9 Å². The summed E-state index contributed by atoms with van der Waals surface area (Å²) in [6.07, 6.45) is 7.84. The van der Waals surface area contributed by atoms with E-state index in [9.17, 15) is 14.9 Å². The fourth-order valence-electron chi connectivity index (χ4n) is 4.95. The van der Waals surface area contributed by atoms with Crippen LogP contribution in [0.5, 0.6) is 5.75 Å². The van der Waals surface area contributed by atoms with Crippen molar-refractivity contribution in [2.24, 2.45) is 5.92 Å². The smallest absolute Gasteiger partial charge is 0.311 e. The van der Waals surface area contributed by atoms with Gasteiger partial charge in [-0.25, -0.2) is 4.39 Å². The molecule has 0 bridgehead atoms. The topological polar surface area (TPSA) is 82.4 Å². The first-order valence-electron chi connectivity index (χ1n) is 14.2. The van der Waals surface area contributed by atoms with Crippen molar-refractivity contribution in [1.29, 1.82) is 5.26 Å². The standard InChI is InChI=1S/C31H34FN3O3.C2H6.H2/c1-4-14-35(3)19-27(21-6-5-7-21)31(37)34-25(18-33)15-24-10-9-23(17-28(24)32)22-11-12-29-26(16-22)20(2)8-13-30(36)38-29;1-2;/h5-7,9-12,16-17,20,25,27H,4,8,13-15,19H2,1-3H3,(H,34,37);1-2H3;1H/t20?,25-,27+;;/m0../s1. The Morgan fingerprint density at radius 2 is 1.95 bits per heavy atom. The molecule has 0 aromatic heterocycles. The van der Waals surface area contributed by atoms with Crippen LogP contribution in [-0.2, 0) is 16.0 Å². The zero-order chi connectivity index (χ0) is 29.2. The molecular weight excluding hydrogens is 505 g/mol. The minimum Gasteiger partial charge on any atom is -0.426 e. The van der Waals surface area contributed by atoms with Crippen molar-refractivity contribution in [3.63, 3.8) is 0 Å². The Bertz CT molecular complexity index is 1320. The zero-order valence-electron chi connectivity index (χ0n) is 24.2. The maximum absolute atomic E-state index is 15.2. The average Bonchev–Trinajstić information content (AvgIpc) is 3.06. The molecule has 7 heteroatoms. The Balaban J connectivity index is 0.00000192. The molecule has 2 aliphatic rings. The van der Waals surface area contributed by atoms with Gasteiger partial charge in [-0.1, -0.05) is 64.1 Å². The lowest BCUT2D eigenvalue weighted by molar-refractivity contribution is -0.134. The Morgan fingerprint density at radius 1 is 1.25 bits per heavy atom. The van der Waals surface area contributed by atoms with Gasteiger partial charge in [0.15, 0.2) is 0 Å². The van der Waals surface area contributed by atoms with Gasteiger partial charge in [-0.3, -0.25) is 9.59 Å². The van der Waals surface area contributed by atoms with Crippen molar-refractivity contribution in [1.82, 2.24) is 10.2 Å². The van der Waals surface area contributed by atoms with Gasteiger partial charge in [0.05, 0.1) is 12.0 Å². The van der Waals surface area contributed by atoms with Gasteiger partial charge in [-0.05, 0) is 78.4 Å². The number of ether oxygens (including phenoxy) is 1. The molecule has 1 aliphatic carbocycles. The Morgan fingerprint density at radius 3 is 2.58 bits per heavy atom. The van der Waals surface area contributed by atoms with E-state index >= 15 is 4.39 Å². The maximum atomic E-state index is 15.2. The predicted molar refractivity (Wildman–Crippen MR) is 158 cm³/mol. The van der Waals surface area contributed by atoms with Crippen molar-refractivity contribution < 1.29 is 20.1 Å². The number of hydrogen-bond acceptors (Lipinski definition) is 5. The molecule has 214 valence electrons. The van der Waals surface area contributed by atoms with E-state index in [-0.39, 0.29) is 31.6 Å². The van der Waals surface area contributed by atoms with E-state index in [2.05, 4.69) is 30.1 Å². The van der Waals surface area contributed by atoms with Gasteiger partial charge in [-0.2, -0.15) is 5.26 Å². The first kappa shape index (κ1) is 30.8. The summed E-state index contributed by atoms with van der Waals surface area (Å²) in [5, 5.41) is 12.6. The molecule has 2 aromatic rings. The van der Waals surface area contributed by atoms with Crippen LogP contribution in [0.1, 0.15) is 65.4 Å². The summed E-state index contributed by atoms with van der Waals surface area (Å²) in [4.78, 5) is 27.0. The molecule has 40 heavy (non-hydrogen) atoms. The summed E-state index contributed by atoms with van der Waals surface area (Å²) >= 11 is 0. The molecule has 1 aliphatic heterocycles. The van der Waals surface area contributed by atoms with Gasteiger partial charge < -0.3 is 15.0 Å². The van der Waals surface area contributed by atoms with Crippen LogP contribution in [0.2, 0.25) is 0 Å². The van der Waals surface area contributed by atoms with Crippen LogP contribution in [-0.4, -0.2) is 43.0 Å². The molecule has 0 saturated heterocycles. The molecule has 1 amide bonds. The number of nitrogens with one attached hydrogen (secondary N) is 1. The molecule has 0 radical (unpaired) electrons. The van der Waals surface area contributed by atoms with Gasteiger partial charge in [0.1, 0.15) is 17.6 Å². The summed E-state index contributed by atoms with van der Waals surface area (Å²) < 4.78 is 20.6. The lowest BCUT2D eigenvalue weighted by Gasteiger charge is -2.26. The minimum absolute atomic E-state index is 0. The summed E-state index contributed by atoms with van der Waals surface area (Å²) in [5.74, 6) is -0.576. The van der Waals surface area contributed by atoms with Gasteiger partial charge in [0.25, 0.3) is 0 Å². The number of nitriles is 1. The number of amides is 1. The summed E-state index contributed by atoms with van der Waals surface area (Å²) in [7, 11) is 1.97. The van der Waals surface area contributed by atoms with Crippen LogP contribution in [0.25, 0.3) is 11.1 Å². The number of benzene rings is 2. The number of allylic oxidation sites excluding steroid dienone is 3. The molecule has 4 rings (SSSR count). The molecule has 1 heterocycles. The number of esters is 1. The minimum atomic E-state index is -0.852. The van der Waals surface area contributed by atoms with E-state index in [4.69, 9.17) is 4.74 Å². The maximum Gasteiger partial charge on any atom is 0.311 e. The second-order valence-corrected chi connectivity index (χ2v) is 10.2. The van der Waals surface area contributed by atoms with E-state index in [1.54, 1.807) is 12.1 Å². The number of fused-ring (bicyclic) bond motifs is 1. The molecule has 0 fully saturated rings. The molecule has 2 aromatic carbocycles. The SMILES string of the molecule is CC.CCCN(C)C[C@@H](C(=O)N[C@H](C#N)Cc1ccc(-c2ccc3c(c2)C(C)CCC(=O)O3)cc1F)C1=CC=C1.[HH]. The number of nitrogens with zero attached hydrogens (tertiary/aromatic N) is 2. The highest BCUT2D eigenvalue weighted by molar-refractivity contribution is 5.84. The van der Waals surface area contributed by atoms with Crippen molar-refractivity contribution in [3.8, 4) is 22.9 Å². The fraction of sp³-hybridized carbons (Fsp3) is 0.424. The molecule has 0 spiro atoms. The first-order valence-corrected chi connectivity index (χ1v) is 14.2. The van der Waals surface area contributed by atoms with Crippen molar-refractivity contribution in [2.45, 2.75) is 65.3 Å². The largest absolute Gasteiger partial charge is 0.426 e. The van der Waals surface area contributed by atoms with E-state index in [0.717, 1.165) is 29.7 Å². The Labute approximate surface area is 239 Å². The number of carbonyl (C=O) groups is 2. The molecule has 6 nitrogen and oxygen atoms in total. The number of rotatable bonds is 10. The van der Waals surface area contributed by atoms with Crippen LogP contribution in [0.3, 0.4) is 0 Å². The molecule has 0 saturated carbocycles. The van der Waals surface area contributed by atoms with Crippen molar-refractivity contribution in [3.05, 3.63) is 77.1 Å². The number of carbonyl (C=O) groups excluding carboxylic acids is 2. The summed E-state index contributed by atoms with van der Waals surface area (Å²) in [5.41, 5.74) is 3.74. The molecule has 1 unspecified atom stereocenters. The van der Waals surface area contributed by atoms with Gasteiger partial charge in [0, 0.05) is 20.8 Å². The quantitative estimate of drug-likeness (QED) is 0.269. The average molecular weight is 548 g/mol. The highest BCUT2D eigenvalue weighted by Crippen LogP contribution is 2.36. The lowest BCUT2D eigenvalue weighted by Crippen LogP contribution is -2.44. The van der Waals surface area contributed by atoms with Crippen molar-refractivity contribution >= 4 is 11.9 Å². The Hall–Kier alpha value is -3.76. The van der Waals surface area contributed by atoms with Crippen LogP contribution < -0.4 is 10.1 Å². The third kappa shape index (κ3) is 7.67. The summed E-state index contributed by atoms with van der Waals surface area (Å²) in [6.45, 7) is 9.56. The van der Waals surface area contributed by atoms with Gasteiger partial charge >= 0.3 is 5.97 Å². The molecule has 1 N–H and O–H groups in total. The fourth-order valence-corrected chi connectivity index (χ4v) is 4.95. The van der Waals surface area contributed by atoms with E-state index in [0.29, 0.717) is 36.3 Å². The van der Waals surface area contributed by atoms with Gasteiger partial charge in [-0.15, -0.1) is 0 Å². The normalized spacial score (nSPS) is 17.1. The second kappa shape index (κ2) is 14.6. The molecular formula is C33H42FN3O3.